The van der Waals surface area contributed by atoms with Crippen molar-refractivity contribution in [3.05, 3.63) is 201 Å². The average Bonchev–Trinajstić information content (AvgIpc) is 3.27. The predicted octanol–water partition coefficient (Wildman–Crippen LogP) is 13.3. The average molecular weight is 688 g/mol. The quantitative estimate of drug-likeness (QED) is 0.163. The zero-order chi connectivity index (χ0) is 35.8. The van der Waals surface area contributed by atoms with Crippen molar-refractivity contribution in [1.29, 1.82) is 0 Å². The van der Waals surface area contributed by atoms with Crippen LogP contribution >= 0.6 is 0 Å². The van der Waals surface area contributed by atoms with Gasteiger partial charge >= 0.3 is 0 Å². The SMILES string of the molecule is c1ccc(-c2cncc(-c3ccc4c(c3)c3ccc(-c5cncc(-c6ccccc6)c5)cc3c3ccc(-c5cncc(-c6ccccc6)c5)cc43)c2)cc1. The second kappa shape index (κ2) is 13.4. The first-order valence-corrected chi connectivity index (χ1v) is 18.2. The van der Waals surface area contributed by atoms with Crippen molar-refractivity contribution in [1.82, 2.24) is 15.0 Å². The van der Waals surface area contributed by atoms with E-state index in [2.05, 4.69) is 161 Å². The Morgan fingerprint density at radius 2 is 0.444 bits per heavy atom. The third kappa shape index (κ3) is 5.78. The molecule has 0 saturated heterocycles. The summed E-state index contributed by atoms with van der Waals surface area (Å²) in [6.07, 6.45) is 11.7. The number of rotatable bonds is 6. The molecule has 0 radical (unpaired) electrons. The van der Waals surface area contributed by atoms with E-state index in [0.29, 0.717) is 0 Å². The van der Waals surface area contributed by atoms with Crippen LogP contribution in [0.5, 0.6) is 0 Å². The van der Waals surface area contributed by atoms with Gasteiger partial charge in [0.05, 0.1) is 0 Å². The van der Waals surface area contributed by atoms with Crippen LogP contribution in [-0.4, -0.2) is 15.0 Å². The lowest BCUT2D eigenvalue weighted by molar-refractivity contribution is 1.33. The predicted molar refractivity (Wildman–Crippen MR) is 225 cm³/mol. The van der Waals surface area contributed by atoms with Gasteiger partial charge in [0.1, 0.15) is 0 Å². The van der Waals surface area contributed by atoms with Crippen molar-refractivity contribution in [3.8, 4) is 66.8 Å². The van der Waals surface area contributed by atoms with Gasteiger partial charge in [-0.25, -0.2) is 0 Å². The largest absolute Gasteiger partial charge is 0.263 e. The van der Waals surface area contributed by atoms with Gasteiger partial charge < -0.3 is 0 Å². The van der Waals surface area contributed by atoms with Crippen LogP contribution in [0.25, 0.3) is 99.1 Å². The number of aromatic nitrogens is 3. The zero-order valence-electron chi connectivity index (χ0n) is 29.4. The molecule has 0 aliphatic carbocycles. The number of pyridine rings is 3. The smallest absolute Gasteiger partial charge is 0.0346 e. The minimum atomic E-state index is 1.09. The Morgan fingerprint density at radius 1 is 0.185 bits per heavy atom. The second-order valence-corrected chi connectivity index (χ2v) is 13.8. The van der Waals surface area contributed by atoms with Crippen molar-refractivity contribution in [2.45, 2.75) is 0 Å². The second-order valence-electron chi connectivity index (χ2n) is 13.8. The lowest BCUT2D eigenvalue weighted by Gasteiger charge is -2.15. The molecule has 0 amide bonds. The maximum Gasteiger partial charge on any atom is 0.0346 e. The Hall–Kier alpha value is -7.23. The standard InChI is InChI=1S/C51H33N3/c1-4-10-34(11-5-1)40-22-43(31-52-28-40)37-16-19-46-49(25-37)47-20-17-38(44-23-41(29-53-32-44)35-12-6-2-7-13-35)27-51(47)48-21-18-39(26-50(46)48)45-24-42(30-54-33-45)36-14-8-3-9-15-36/h1-33H. The van der Waals surface area contributed by atoms with Gasteiger partial charge in [-0.3, -0.25) is 15.0 Å². The molecule has 3 heteroatoms. The van der Waals surface area contributed by atoms with E-state index >= 15 is 0 Å². The molecule has 0 aliphatic heterocycles. The van der Waals surface area contributed by atoms with E-state index in [1.165, 1.54) is 32.3 Å². The maximum atomic E-state index is 4.67. The molecule has 0 spiro atoms. The summed E-state index contributed by atoms with van der Waals surface area (Å²) < 4.78 is 0. The highest BCUT2D eigenvalue weighted by atomic mass is 14.6. The summed E-state index contributed by atoms with van der Waals surface area (Å²) in [6, 6.07) is 58.6. The highest BCUT2D eigenvalue weighted by Crippen LogP contribution is 2.41. The summed E-state index contributed by atoms with van der Waals surface area (Å²) in [6.45, 7) is 0. The van der Waals surface area contributed by atoms with Crippen LogP contribution in [0.1, 0.15) is 0 Å². The van der Waals surface area contributed by atoms with Crippen molar-refractivity contribution in [2.75, 3.05) is 0 Å². The third-order valence-electron chi connectivity index (χ3n) is 10.5. The summed E-state index contributed by atoms with van der Waals surface area (Å²) in [5, 5.41) is 7.25. The molecular formula is C51H33N3. The first-order chi connectivity index (χ1) is 26.7. The Balaban J connectivity index is 1.17. The van der Waals surface area contributed by atoms with Crippen LogP contribution < -0.4 is 0 Å². The molecule has 0 aliphatic rings. The van der Waals surface area contributed by atoms with Crippen LogP contribution in [0, 0.1) is 0 Å². The lowest BCUT2D eigenvalue weighted by atomic mass is 9.89. The highest BCUT2D eigenvalue weighted by molar-refractivity contribution is 6.26. The van der Waals surface area contributed by atoms with Crippen molar-refractivity contribution in [3.63, 3.8) is 0 Å². The minimum Gasteiger partial charge on any atom is -0.263 e. The van der Waals surface area contributed by atoms with Gasteiger partial charge in [0.2, 0.25) is 0 Å². The van der Waals surface area contributed by atoms with E-state index < -0.39 is 0 Å². The van der Waals surface area contributed by atoms with E-state index in [0.717, 1.165) is 66.8 Å². The Labute approximate surface area is 313 Å². The summed E-state index contributed by atoms with van der Waals surface area (Å²) in [7, 11) is 0. The van der Waals surface area contributed by atoms with Crippen LogP contribution in [-0.2, 0) is 0 Å². The van der Waals surface area contributed by atoms with Gasteiger partial charge in [-0.2, -0.15) is 0 Å². The van der Waals surface area contributed by atoms with Crippen LogP contribution in [0.2, 0.25) is 0 Å². The Bertz CT molecular complexity index is 2620. The number of nitrogens with zero attached hydrogens (tertiary/aromatic N) is 3. The third-order valence-corrected chi connectivity index (χ3v) is 10.5. The van der Waals surface area contributed by atoms with Crippen LogP contribution in [0.4, 0.5) is 0 Å². The van der Waals surface area contributed by atoms with Crippen molar-refractivity contribution in [2.24, 2.45) is 0 Å². The molecule has 0 saturated carbocycles. The molecule has 3 aromatic heterocycles. The summed E-state index contributed by atoms with van der Waals surface area (Å²) >= 11 is 0. The van der Waals surface area contributed by atoms with Gasteiger partial charge in [0.15, 0.2) is 0 Å². The van der Waals surface area contributed by atoms with Gasteiger partial charge in [-0.15, -0.1) is 0 Å². The summed E-state index contributed by atoms with van der Waals surface area (Å²) in [5.74, 6) is 0. The van der Waals surface area contributed by atoms with E-state index in [9.17, 15) is 0 Å². The number of fused-ring (bicyclic) bond motifs is 6. The molecule has 0 unspecified atom stereocenters. The Kier molecular flexibility index (Phi) is 7.81. The molecule has 3 heterocycles. The first-order valence-electron chi connectivity index (χ1n) is 18.2. The maximum absolute atomic E-state index is 4.67. The van der Waals surface area contributed by atoms with E-state index in [4.69, 9.17) is 0 Å². The molecule has 0 bridgehead atoms. The fourth-order valence-electron chi connectivity index (χ4n) is 7.70. The summed E-state index contributed by atoms with van der Waals surface area (Å²) in [4.78, 5) is 14.0. The number of hydrogen-bond donors (Lipinski definition) is 0. The fraction of sp³-hybridized carbons (Fsp3) is 0. The molecule has 7 aromatic carbocycles. The fourth-order valence-corrected chi connectivity index (χ4v) is 7.70. The zero-order valence-corrected chi connectivity index (χ0v) is 29.4. The van der Waals surface area contributed by atoms with E-state index in [-0.39, 0.29) is 0 Å². The van der Waals surface area contributed by atoms with Gasteiger partial charge in [-0.05, 0) is 102 Å². The molecule has 10 aromatic rings. The molecule has 252 valence electrons. The van der Waals surface area contributed by atoms with E-state index in [1.807, 2.05) is 55.4 Å². The van der Waals surface area contributed by atoms with Gasteiger partial charge in [-0.1, -0.05) is 127 Å². The number of hydrogen-bond acceptors (Lipinski definition) is 3. The van der Waals surface area contributed by atoms with Crippen LogP contribution in [0.15, 0.2) is 201 Å². The topological polar surface area (TPSA) is 38.7 Å². The molecular weight excluding hydrogens is 655 g/mol. The molecule has 3 nitrogen and oxygen atoms in total. The minimum absolute atomic E-state index is 1.09. The van der Waals surface area contributed by atoms with Crippen molar-refractivity contribution < 1.29 is 0 Å². The molecule has 0 fully saturated rings. The number of benzene rings is 7. The van der Waals surface area contributed by atoms with Gasteiger partial charge in [0, 0.05) is 70.6 Å². The van der Waals surface area contributed by atoms with Gasteiger partial charge in [0.25, 0.3) is 0 Å². The Morgan fingerprint density at radius 3 is 0.722 bits per heavy atom. The lowest BCUT2D eigenvalue weighted by Crippen LogP contribution is -1.90. The normalized spacial score (nSPS) is 11.3. The molecule has 0 N–H and O–H groups in total. The van der Waals surface area contributed by atoms with Crippen molar-refractivity contribution >= 4 is 32.3 Å². The van der Waals surface area contributed by atoms with E-state index in [1.54, 1.807) is 0 Å². The van der Waals surface area contributed by atoms with Crippen LogP contribution in [0.3, 0.4) is 0 Å². The monoisotopic (exact) mass is 687 g/mol. The molecule has 0 atom stereocenters. The molecule has 54 heavy (non-hydrogen) atoms. The first kappa shape index (κ1) is 31.5. The molecule has 10 rings (SSSR count). The highest BCUT2D eigenvalue weighted by Gasteiger charge is 2.14. The summed E-state index contributed by atoms with van der Waals surface area (Å²) in [5.41, 5.74) is 13.4.